The highest BCUT2D eigenvalue weighted by atomic mass is 19.1. The predicted octanol–water partition coefficient (Wildman–Crippen LogP) is 4.07. The summed E-state index contributed by atoms with van der Waals surface area (Å²) in [5, 5.41) is 11.8. The van der Waals surface area contributed by atoms with Gasteiger partial charge in [0.1, 0.15) is 5.82 Å². The molecule has 25 heavy (non-hydrogen) atoms. The quantitative estimate of drug-likeness (QED) is 0.860. The van der Waals surface area contributed by atoms with Crippen molar-refractivity contribution < 1.29 is 19.1 Å². The third kappa shape index (κ3) is 5.14. The lowest BCUT2D eigenvalue weighted by molar-refractivity contribution is -0.137. The first-order valence-electron chi connectivity index (χ1n) is 8.05. The molecule has 0 aliphatic rings. The molecule has 0 unspecified atom stereocenters. The van der Waals surface area contributed by atoms with Crippen molar-refractivity contribution in [2.75, 3.05) is 0 Å². The van der Waals surface area contributed by atoms with Gasteiger partial charge in [-0.2, -0.15) is 0 Å². The summed E-state index contributed by atoms with van der Waals surface area (Å²) >= 11 is 0. The van der Waals surface area contributed by atoms with E-state index in [0.717, 1.165) is 11.6 Å². The SMILES string of the molecule is CC(C)(C)c1ccc([C@@H](CC(=O)O)NC(=O)c2cccc(F)c2)cc1. The zero-order valence-electron chi connectivity index (χ0n) is 14.5. The van der Waals surface area contributed by atoms with Crippen LogP contribution in [0.4, 0.5) is 4.39 Å². The molecule has 0 aliphatic carbocycles. The highest BCUT2D eigenvalue weighted by molar-refractivity contribution is 5.94. The van der Waals surface area contributed by atoms with Crippen LogP contribution in [0.15, 0.2) is 48.5 Å². The van der Waals surface area contributed by atoms with Crippen LogP contribution in [-0.4, -0.2) is 17.0 Å². The number of hydrogen-bond acceptors (Lipinski definition) is 2. The molecule has 2 N–H and O–H groups in total. The molecule has 4 nitrogen and oxygen atoms in total. The molecule has 0 aliphatic heterocycles. The second-order valence-corrected chi connectivity index (χ2v) is 7.01. The minimum Gasteiger partial charge on any atom is -0.481 e. The molecule has 0 bridgehead atoms. The van der Waals surface area contributed by atoms with Crippen molar-refractivity contribution in [3.05, 3.63) is 71.0 Å². The van der Waals surface area contributed by atoms with E-state index in [0.29, 0.717) is 5.56 Å². The monoisotopic (exact) mass is 343 g/mol. The lowest BCUT2D eigenvalue weighted by Crippen LogP contribution is -2.30. The summed E-state index contributed by atoms with van der Waals surface area (Å²) in [6.07, 6.45) is -0.254. The molecule has 5 heteroatoms. The lowest BCUT2D eigenvalue weighted by atomic mass is 9.86. The number of amides is 1. The van der Waals surface area contributed by atoms with Gasteiger partial charge in [0.2, 0.25) is 0 Å². The first-order chi connectivity index (χ1) is 11.7. The number of rotatable bonds is 5. The molecule has 0 spiro atoms. The second kappa shape index (κ2) is 7.47. The highest BCUT2D eigenvalue weighted by Gasteiger charge is 2.20. The summed E-state index contributed by atoms with van der Waals surface area (Å²) < 4.78 is 13.3. The number of carboxylic acid groups (broad SMARTS) is 1. The molecule has 2 aromatic rings. The van der Waals surface area contributed by atoms with E-state index >= 15 is 0 Å². The number of carbonyl (C=O) groups excluding carboxylic acids is 1. The van der Waals surface area contributed by atoms with Gasteiger partial charge in [-0.05, 0) is 34.7 Å². The normalized spacial score (nSPS) is 12.5. The van der Waals surface area contributed by atoms with Gasteiger partial charge in [0.25, 0.3) is 5.91 Å². The van der Waals surface area contributed by atoms with Crippen molar-refractivity contribution in [2.45, 2.75) is 38.6 Å². The highest BCUT2D eigenvalue weighted by Crippen LogP contribution is 2.25. The van der Waals surface area contributed by atoms with Crippen molar-refractivity contribution in [1.82, 2.24) is 5.32 Å². The summed E-state index contributed by atoms with van der Waals surface area (Å²) in [7, 11) is 0. The molecule has 1 amide bonds. The van der Waals surface area contributed by atoms with Crippen LogP contribution in [0.5, 0.6) is 0 Å². The molecule has 0 saturated heterocycles. The first kappa shape index (κ1) is 18.6. The number of aliphatic carboxylic acids is 1. The lowest BCUT2D eigenvalue weighted by Gasteiger charge is -2.22. The Balaban J connectivity index is 2.24. The maximum atomic E-state index is 13.3. The molecule has 1 atom stereocenters. The zero-order chi connectivity index (χ0) is 18.6. The van der Waals surface area contributed by atoms with Gasteiger partial charge < -0.3 is 10.4 Å². The third-order valence-corrected chi connectivity index (χ3v) is 3.95. The Morgan fingerprint density at radius 2 is 1.76 bits per heavy atom. The molecule has 0 fully saturated rings. The predicted molar refractivity (Wildman–Crippen MR) is 94.0 cm³/mol. The van der Waals surface area contributed by atoms with Crippen LogP contribution in [0, 0.1) is 5.82 Å². The van der Waals surface area contributed by atoms with E-state index in [2.05, 4.69) is 26.1 Å². The summed E-state index contributed by atoms with van der Waals surface area (Å²) in [4.78, 5) is 23.5. The van der Waals surface area contributed by atoms with Crippen LogP contribution in [0.1, 0.15) is 54.7 Å². The maximum absolute atomic E-state index is 13.3. The Bertz CT molecular complexity index is 763. The average molecular weight is 343 g/mol. The van der Waals surface area contributed by atoms with Crippen LogP contribution in [-0.2, 0) is 10.2 Å². The fourth-order valence-corrected chi connectivity index (χ4v) is 2.51. The van der Waals surface area contributed by atoms with E-state index in [1.165, 1.54) is 18.2 Å². The Morgan fingerprint density at radius 1 is 1.12 bits per heavy atom. The molecule has 0 saturated carbocycles. The Morgan fingerprint density at radius 3 is 2.28 bits per heavy atom. The standard InChI is InChI=1S/C20H22FNO3/c1-20(2,3)15-9-7-13(8-10-15)17(12-18(23)24)22-19(25)14-5-4-6-16(21)11-14/h4-11,17H,12H2,1-3H3,(H,22,25)(H,23,24)/t17-/m1/s1. The van der Waals surface area contributed by atoms with E-state index in [-0.39, 0.29) is 17.4 Å². The maximum Gasteiger partial charge on any atom is 0.305 e. The number of benzene rings is 2. The largest absolute Gasteiger partial charge is 0.481 e. The topological polar surface area (TPSA) is 66.4 Å². The van der Waals surface area contributed by atoms with E-state index in [1.807, 2.05) is 24.3 Å². The van der Waals surface area contributed by atoms with Gasteiger partial charge in [-0.1, -0.05) is 51.1 Å². The zero-order valence-corrected chi connectivity index (χ0v) is 14.5. The number of nitrogens with one attached hydrogen (secondary N) is 1. The molecule has 0 aromatic heterocycles. The first-order valence-corrected chi connectivity index (χ1v) is 8.05. The fraction of sp³-hybridized carbons (Fsp3) is 0.300. The molecular formula is C20H22FNO3. The van der Waals surface area contributed by atoms with Crippen molar-refractivity contribution in [1.29, 1.82) is 0 Å². The molecule has 0 heterocycles. The minimum atomic E-state index is -1.02. The summed E-state index contributed by atoms with van der Waals surface area (Å²) in [5.41, 5.74) is 1.94. The summed E-state index contributed by atoms with van der Waals surface area (Å²) in [6, 6.07) is 12.1. The van der Waals surface area contributed by atoms with E-state index in [1.54, 1.807) is 0 Å². The van der Waals surface area contributed by atoms with Crippen molar-refractivity contribution in [3.8, 4) is 0 Å². The fourth-order valence-electron chi connectivity index (χ4n) is 2.51. The third-order valence-electron chi connectivity index (χ3n) is 3.95. The van der Waals surface area contributed by atoms with Gasteiger partial charge in [0.15, 0.2) is 0 Å². The molecule has 0 radical (unpaired) electrons. The van der Waals surface area contributed by atoms with Crippen LogP contribution in [0.2, 0.25) is 0 Å². The van der Waals surface area contributed by atoms with Gasteiger partial charge in [-0.25, -0.2) is 4.39 Å². The Kier molecular flexibility index (Phi) is 5.57. The molecule has 2 aromatic carbocycles. The van der Waals surface area contributed by atoms with Crippen molar-refractivity contribution >= 4 is 11.9 Å². The van der Waals surface area contributed by atoms with E-state index < -0.39 is 23.7 Å². The molecule has 2 rings (SSSR count). The van der Waals surface area contributed by atoms with E-state index in [4.69, 9.17) is 5.11 Å². The number of carbonyl (C=O) groups is 2. The van der Waals surface area contributed by atoms with Gasteiger partial charge in [-0.15, -0.1) is 0 Å². The smallest absolute Gasteiger partial charge is 0.305 e. The Hall–Kier alpha value is -2.69. The van der Waals surface area contributed by atoms with Crippen LogP contribution in [0.25, 0.3) is 0 Å². The minimum absolute atomic E-state index is 0.0222. The van der Waals surface area contributed by atoms with Crippen molar-refractivity contribution in [3.63, 3.8) is 0 Å². The van der Waals surface area contributed by atoms with Crippen molar-refractivity contribution in [2.24, 2.45) is 0 Å². The second-order valence-electron chi connectivity index (χ2n) is 7.01. The Labute approximate surface area is 146 Å². The van der Waals surface area contributed by atoms with Gasteiger partial charge in [-0.3, -0.25) is 9.59 Å². The van der Waals surface area contributed by atoms with Crippen LogP contribution in [0.3, 0.4) is 0 Å². The molecule has 132 valence electrons. The van der Waals surface area contributed by atoms with Crippen LogP contribution < -0.4 is 5.32 Å². The average Bonchev–Trinajstić information content (AvgIpc) is 2.53. The summed E-state index contributed by atoms with van der Waals surface area (Å²) in [5.74, 6) is -2.05. The number of carboxylic acids is 1. The molecular weight excluding hydrogens is 321 g/mol. The van der Waals surface area contributed by atoms with E-state index in [9.17, 15) is 14.0 Å². The number of hydrogen-bond donors (Lipinski definition) is 2. The van der Waals surface area contributed by atoms with Gasteiger partial charge >= 0.3 is 5.97 Å². The number of halogens is 1. The van der Waals surface area contributed by atoms with Gasteiger partial charge in [0.05, 0.1) is 12.5 Å². The van der Waals surface area contributed by atoms with Gasteiger partial charge in [0, 0.05) is 5.56 Å². The van der Waals surface area contributed by atoms with Crippen LogP contribution >= 0.6 is 0 Å². The summed E-state index contributed by atoms with van der Waals surface area (Å²) in [6.45, 7) is 6.26.